The van der Waals surface area contributed by atoms with Crippen LogP contribution in [0.25, 0.3) is 0 Å². The molecule has 21 heavy (non-hydrogen) atoms. The number of nitrogens with zero attached hydrogens (tertiary/aromatic N) is 3. The third kappa shape index (κ3) is 3.09. The molecule has 1 saturated heterocycles. The Labute approximate surface area is 128 Å². The average molecular weight is 311 g/mol. The molecular formula is C14H21N3O3S. The van der Waals surface area contributed by atoms with Gasteiger partial charge in [0, 0.05) is 38.5 Å². The Morgan fingerprint density at radius 1 is 1.57 bits per heavy atom. The molecule has 0 bridgehead atoms. The molecule has 1 fully saturated rings. The minimum absolute atomic E-state index is 0.0509. The van der Waals surface area contributed by atoms with Crippen LogP contribution in [0.1, 0.15) is 19.8 Å². The first-order valence-corrected chi connectivity index (χ1v) is 8.32. The van der Waals surface area contributed by atoms with Gasteiger partial charge in [-0.2, -0.15) is 0 Å². The lowest BCUT2D eigenvalue weighted by Crippen LogP contribution is -2.34. The van der Waals surface area contributed by atoms with Crippen LogP contribution < -0.4 is 0 Å². The van der Waals surface area contributed by atoms with Crippen molar-refractivity contribution in [2.75, 3.05) is 32.8 Å². The number of aliphatic hydroxyl groups is 1. The summed E-state index contributed by atoms with van der Waals surface area (Å²) in [5.41, 5.74) is 1.03. The lowest BCUT2D eigenvalue weighted by molar-refractivity contribution is -0.130. The molecule has 3 aliphatic heterocycles. The molecule has 0 aromatic heterocycles. The number of aliphatic imine (C=N–C) groups is 1. The quantitative estimate of drug-likeness (QED) is 0.825. The highest BCUT2D eigenvalue weighted by atomic mass is 32.2. The molecular weight excluding hydrogens is 290 g/mol. The summed E-state index contributed by atoms with van der Waals surface area (Å²) >= 11 is 1.60. The number of ether oxygens (including phenoxy) is 1. The van der Waals surface area contributed by atoms with Gasteiger partial charge in [-0.05, 0) is 18.8 Å². The van der Waals surface area contributed by atoms with Gasteiger partial charge in [0.2, 0.25) is 5.91 Å². The van der Waals surface area contributed by atoms with Gasteiger partial charge in [-0.15, -0.1) is 0 Å². The van der Waals surface area contributed by atoms with Gasteiger partial charge in [0.25, 0.3) is 0 Å². The molecule has 2 atom stereocenters. The fraction of sp³-hybridized carbons (Fsp3) is 0.714. The second-order valence-electron chi connectivity index (χ2n) is 5.43. The van der Waals surface area contributed by atoms with E-state index in [9.17, 15) is 9.90 Å². The van der Waals surface area contributed by atoms with Gasteiger partial charge in [-0.3, -0.25) is 9.79 Å². The summed E-state index contributed by atoms with van der Waals surface area (Å²) < 4.78 is 5.46. The van der Waals surface area contributed by atoms with Gasteiger partial charge < -0.3 is 19.6 Å². The molecule has 3 heterocycles. The van der Waals surface area contributed by atoms with Crippen LogP contribution in [-0.4, -0.2) is 71.0 Å². The maximum Gasteiger partial charge on any atom is 0.228 e. The van der Waals surface area contributed by atoms with Gasteiger partial charge in [0.1, 0.15) is 6.10 Å². The zero-order chi connectivity index (χ0) is 14.8. The van der Waals surface area contributed by atoms with Crippen molar-refractivity contribution >= 4 is 22.8 Å². The van der Waals surface area contributed by atoms with Crippen LogP contribution in [0.15, 0.2) is 16.1 Å². The Morgan fingerprint density at radius 2 is 2.43 bits per heavy atom. The maximum absolute atomic E-state index is 12.4. The van der Waals surface area contributed by atoms with Gasteiger partial charge >= 0.3 is 0 Å². The molecule has 1 N–H and O–H groups in total. The highest BCUT2D eigenvalue weighted by molar-refractivity contribution is 8.16. The number of hydrogen-bond donors (Lipinski definition) is 1. The highest BCUT2D eigenvalue weighted by Crippen LogP contribution is 2.31. The molecule has 0 saturated carbocycles. The summed E-state index contributed by atoms with van der Waals surface area (Å²) in [5, 5.41) is 13.0. The van der Waals surface area contributed by atoms with E-state index >= 15 is 0 Å². The van der Waals surface area contributed by atoms with Crippen LogP contribution in [0.2, 0.25) is 0 Å². The second-order valence-corrected chi connectivity index (χ2v) is 6.27. The zero-order valence-electron chi connectivity index (χ0n) is 12.2. The molecule has 116 valence electrons. The van der Waals surface area contributed by atoms with Crippen molar-refractivity contribution in [2.45, 2.75) is 32.0 Å². The van der Waals surface area contributed by atoms with Crippen LogP contribution in [0, 0.1) is 0 Å². The van der Waals surface area contributed by atoms with Crippen molar-refractivity contribution in [3.8, 4) is 0 Å². The number of carbonyl (C=O) groups excluding carboxylic acids is 1. The predicted molar refractivity (Wildman–Crippen MR) is 81.9 cm³/mol. The van der Waals surface area contributed by atoms with E-state index in [1.807, 2.05) is 12.3 Å². The third-order valence-corrected chi connectivity index (χ3v) is 4.92. The van der Waals surface area contributed by atoms with E-state index in [0.29, 0.717) is 26.1 Å². The van der Waals surface area contributed by atoms with Crippen LogP contribution >= 0.6 is 11.8 Å². The van der Waals surface area contributed by atoms with Gasteiger partial charge in [-0.25, -0.2) is 0 Å². The Hall–Kier alpha value is -1.05. The van der Waals surface area contributed by atoms with Crippen LogP contribution in [0.4, 0.5) is 0 Å². The first-order valence-electron chi connectivity index (χ1n) is 7.44. The van der Waals surface area contributed by atoms with E-state index < -0.39 is 6.10 Å². The fourth-order valence-electron chi connectivity index (χ4n) is 2.88. The normalized spacial score (nSPS) is 28.5. The van der Waals surface area contributed by atoms with E-state index in [-0.39, 0.29) is 12.0 Å². The number of aliphatic hydroxyl groups excluding tert-OH is 1. The Morgan fingerprint density at radius 3 is 3.24 bits per heavy atom. The summed E-state index contributed by atoms with van der Waals surface area (Å²) in [6, 6.07) is 0. The Balaban J connectivity index is 1.58. The van der Waals surface area contributed by atoms with Crippen molar-refractivity contribution < 1.29 is 14.6 Å². The molecule has 0 spiro atoms. The van der Waals surface area contributed by atoms with E-state index in [2.05, 4.69) is 9.89 Å². The van der Waals surface area contributed by atoms with Crippen molar-refractivity contribution in [1.82, 2.24) is 9.80 Å². The smallest absolute Gasteiger partial charge is 0.228 e. The summed E-state index contributed by atoms with van der Waals surface area (Å²) in [6.45, 7) is 5.12. The summed E-state index contributed by atoms with van der Waals surface area (Å²) in [5.74, 6) is 0.0509. The first-order chi connectivity index (χ1) is 10.2. The molecule has 0 aliphatic carbocycles. The highest BCUT2D eigenvalue weighted by Gasteiger charge is 2.35. The number of rotatable bonds is 4. The van der Waals surface area contributed by atoms with Crippen LogP contribution in [-0.2, 0) is 9.53 Å². The lowest BCUT2D eigenvalue weighted by Gasteiger charge is -2.26. The number of amidine groups is 1. The number of hydrogen-bond acceptors (Lipinski definition) is 6. The van der Waals surface area contributed by atoms with Crippen molar-refractivity contribution in [3.05, 3.63) is 11.1 Å². The van der Waals surface area contributed by atoms with Crippen molar-refractivity contribution in [2.24, 2.45) is 4.99 Å². The van der Waals surface area contributed by atoms with Gasteiger partial charge in [0.05, 0.1) is 12.5 Å². The maximum atomic E-state index is 12.4. The molecule has 0 aromatic carbocycles. The molecule has 6 nitrogen and oxygen atoms in total. The zero-order valence-corrected chi connectivity index (χ0v) is 13.0. The molecule has 0 aromatic rings. The number of amides is 1. The SMILES string of the molecule is CCO[C@H]1CN(C(=O)CC2=CSC3=NCCCN23)C[C@@H]1O. The number of β-amino-alcohol motifs (C(OH)–C–C–N with tert-alkyl or cyclic N) is 1. The van der Waals surface area contributed by atoms with Crippen molar-refractivity contribution in [1.29, 1.82) is 0 Å². The lowest BCUT2D eigenvalue weighted by atomic mass is 10.2. The number of likely N-dealkylation sites (tertiary alicyclic amines) is 1. The minimum Gasteiger partial charge on any atom is -0.388 e. The summed E-state index contributed by atoms with van der Waals surface area (Å²) in [7, 11) is 0. The molecule has 0 unspecified atom stereocenters. The van der Waals surface area contributed by atoms with Crippen molar-refractivity contribution in [3.63, 3.8) is 0 Å². The van der Waals surface area contributed by atoms with E-state index in [1.165, 1.54) is 0 Å². The molecule has 0 radical (unpaired) electrons. The number of fused-ring (bicyclic) bond motifs is 1. The molecule has 7 heteroatoms. The third-order valence-electron chi connectivity index (χ3n) is 3.97. The Kier molecular flexibility index (Phi) is 4.51. The number of carbonyl (C=O) groups is 1. The summed E-state index contributed by atoms with van der Waals surface area (Å²) in [6.07, 6.45) is 0.577. The average Bonchev–Trinajstić information content (AvgIpc) is 3.05. The largest absolute Gasteiger partial charge is 0.388 e. The predicted octanol–water partition coefficient (Wildman–Crippen LogP) is 0.635. The van der Waals surface area contributed by atoms with E-state index in [0.717, 1.165) is 30.4 Å². The summed E-state index contributed by atoms with van der Waals surface area (Å²) in [4.78, 5) is 20.7. The van der Waals surface area contributed by atoms with E-state index in [1.54, 1.807) is 16.7 Å². The first kappa shape index (κ1) is 14.9. The van der Waals surface area contributed by atoms with Crippen LogP contribution in [0.5, 0.6) is 0 Å². The minimum atomic E-state index is -0.576. The van der Waals surface area contributed by atoms with Gasteiger partial charge in [0.15, 0.2) is 5.17 Å². The topological polar surface area (TPSA) is 65.4 Å². The standard InChI is InChI=1S/C14H21N3O3S/c1-2-20-12-8-16(7-11(12)18)13(19)6-10-9-21-14-15-4-3-5-17(10)14/h9,11-12,18H,2-8H2,1H3/t11-,12-/m0/s1. The number of thioether (sulfide) groups is 1. The monoisotopic (exact) mass is 311 g/mol. The second kappa shape index (κ2) is 6.37. The molecule has 1 amide bonds. The Bertz CT molecular complexity index is 480. The molecule has 3 aliphatic rings. The van der Waals surface area contributed by atoms with E-state index in [4.69, 9.17) is 4.74 Å². The van der Waals surface area contributed by atoms with Gasteiger partial charge in [-0.1, -0.05) is 11.8 Å². The fourth-order valence-corrected chi connectivity index (χ4v) is 3.83. The molecule has 3 rings (SSSR count). The van der Waals surface area contributed by atoms with Crippen LogP contribution in [0.3, 0.4) is 0 Å².